The van der Waals surface area contributed by atoms with Gasteiger partial charge in [-0.3, -0.25) is 4.98 Å². The van der Waals surface area contributed by atoms with Crippen molar-refractivity contribution in [1.82, 2.24) is 10.3 Å². The molecule has 1 aromatic heterocycles. The van der Waals surface area contributed by atoms with E-state index in [9.17, 15) is 0 Å². The zero-order valence-corrected chi connectivity index (χ0v) is 11.1. The van der Waals surface area contributed by atoms with Gasteiger partial charge in [0.15, 0.2) is 0 Å². The Bertz CT molecular complexity index is 606. The van der Waals surface area contributed by atoms with E-state index >= 15 is 0 Å². The lowest BCUT2D eigenvalue weighted by molar-refractivity contribution is 0.169. The van der Waals surface area contributed by atoms with Gasteiger partial charge in [0.2, 0.25) is 0 Å². The van der Waals surface area contributed by atoms with Gasteiger partial charge in [0.25, 0.3) is 0 Å². The average molecular weight is 254 g/mol. The van der Waals surface area contributed by atoms with Gasteiger partial charge in [-0.1, -0.05) is 12.1 Å². The van der Waals surface area contributed by atoms with Gasteiger partial charge in [-0.05, 0) is 49.7 Å². The maximum absolute atomic E-state index is 5.78. The average Bonchev–Trinajstić information content (AvgIpc) is 2.49. The van der Waals surface area contributed by atoms with Crippen molar-refractivity contribution in [2.24, 2.45) is 0 Å². The summed E-state index contributed by atoms with van der Waals surface area (Å²) in [5.41, 5.74) is 2.25. The van der Waals surface area contributed by atoms with Crippen LogP contribution >= 0.6 is 0 Å². The fourth-order valence-corrected chi connectivity index (χ4v) is 2.52. The van der Waals surface area contributed by atoms with Crippen LogP contribution in [-0.2, 0) is 4.74 Å². The van der Waals surface area contributed by atoms with Gasteiger partial charge < -0.3 is 10.1 Å². The molecule has 0 bridgehead atoms. The quantitative estimate of drug-likeness (QED) is 0.913. The molecular weight excluding hydrogens is 236 g/mol. The molecule has 98 valence electrons. The summed E-state index contributed by atoms with van der Waals surface area (Å²) in [6.07, 6.45) is 6.23. The molecule has 0 amide bonds. The van der Waals surface area contributed by atoms with Crippen molar-refractivity contribution < 1.29 is 4.74 Å². The number of fused-ring (bicyclic) bond motifs is 1. The first kappa shape index (κ1) is 12.2. The van der Waals surface area contributed by atoms with Gasteiger partial charge >= 0.3 is 0 Å². The minimum atomic E-state index is 0.130. The Morgan fingerprint density at radius 3 is 3.05 bits per heavy atom. The maximum atomic E-state index is 5.78. The number of hydrogen-bond donors (Lipinski definition) is 1. The molecule has 1 aliphatic heterocycles. The second-order valence-corrected chi connectivity index (χ2v) is 4.77. The van der Waals surface area contributed by atoms with Crippen LogP contribution < -0.4 is 5.32 Å². The summed E-state index contributed by atoms with van der Waals surface area (Å²) in [5.74, 6) is 1.04. The fraction of sp³-hybridized carbons (Fsp3) is 0.312. The Hall–Kier alpha value is -1.87. The predicted molar refractivity (Wildman–Crippen MR) is 76.8 cm³/mol. The predicted octanol–water partition coefficient (Wildman–Crippen LogP) is 3.19. The van der Waals surface area contributed by atoms with Crippen LogP contribution in [0.3, 0.4) is 0 Å². The van der Waals surface area contributed by atoms with Crippen LogP contribution in [0.15, 0.2) is 48.4 Å². The molecule has 19 heavy (non-hydrogen) atoms. The SMILES string of the molecule is CNC(C1=CCCCO1)c1ccc2ncccc2c1. The summed E-state index contributed by atoms with van der Waals surface area (Å²) in [6.45, 7) is 0.819. The maximum Gasteiger partial charge on any atom is 0.113 e. The molecule has 0 fully saturated rings. The first-order valence-corrected chi connectivity index (χ1v) is 6.73. The number of nitrogens with zero attached hydrogens (tertiary/aromatic N) is 1. The molecule has 1 aromatic carbocycles. The van der Waals surface area contributed by atoms with Crippen molar-refractivity contribution in [3.8, 4) is 0 Å². The minimum absolute atomic E-state index is 0.130. The van der Waals surface area contributed by atoms with Gasteiger partial charge in [-0.15, -0.1) is 0 Å². The van der Waals surface area contributed by atoms with Crippen molar-refractivity contribution in [2.45, 2.75) is 18.9 Å². The molecule has 1 atom stereocenters. The number of rotatable bonds is 3. The summed E-state index contributed by atoms with van der Waals surface area (Å²) >= 11 is 0. The number of ether oxygens (including phenoxy) is 1. The van der Waals surface area contributed by atoms with Crippen LogP contribution in [0.1, 0.15) is 24.4 Å². The van der Waals surface area contributed by atoms with Crippen LogP contribution in [0.2, 0.25) is 0 Å². The normalized spacial score (nSPS) is 16.8. The molecule has 0 saturated heterocycles. The first-order chi connectivity index (χ1) is 9.38. The Labute approximate surface area is 113 Å². The molecule has 2 aromatic rings. The number of pyridine rings is 1. The van der Waals surface area contributed by atoms with Crippen molar-refractivity contribution in [2.75, 3.05) is 13.7 Å². The van der Waals surface area contributed by atoms with Crippen molar-refractivity contribution in [3.63, 3.8) is 0 Å². The molecule has 0 saturated carbocycles. The van der Waals surface area contributed by atoms with Gasteiger partial charge in [0, 0.05) is 11.6 Å². The summed E-state index contributed by atoms with van der Waals surface area (Å²) in [7, 11) is 1.97. The van der Waals surface area contributed by atoms with Crippen molar-refractivity contribution >= 4 is 10.9 Å². The largest absolute Gasteiger partial charge is 0.496 e. The zero-order chi connectivity index (χ0) is 13.1. The third-order valence-electron chi connectivity index (χ3n) is 3.50. The van der Waals surface area contributed by atoms with Crippen LogP contribution in [0.4, 0.5) is 0 Å². The minimum Gasteiger partial charge on any atom is -0.496 e. The molecule has 3 heteroatoms. The lowest BCUT2D eigenvalue weighted by Crippen LogP contribution is -2.22. The summed E-state index contributed by atoms with van der Waals surface area (Å²) < 4.78 is 5.78. The summed E-state index contributed by atoms with van der Waals surface area (Å²) in [4.78, 5) is 4.35. The Morgan fingerprint density at radius 2 is 2.26 bits per heavy atom. The second-order valence-electron chi connectivity index (χ2n) is 4.77. The van der Waals surface area contributed by atoms with E-state index in [4.69, 9.17) is 4.74 Å². The van der Waals surface area contributed by atoms with Crippen molar-refractivity contribution in [3.05, 3.63) is 53.9 Å². The number of likely N-dealkylation sites (N-methyl/N-ethyl adjacent to an activating group) is 1. The van der Waals surface area contributed by atoms with Crippen LogP contribution in [-0.4, -0.2) is 18.6 Å². The molecule has 3 rings (SSSR count). The van der Waals surface area contributed by atoms with E-state index in [1.54, 1.807) is 0 Å². The molecule has 1 aliphatic rings. The number of nitrogens with one attached hydrogen (secondary N) is 1. The number of allylic oxidation sites excluding steroid dienone is 1. The van der Waals surface area contributed by atoms with Crippen LogP contribution in [0.5, 0.6) is 0 Å². The Kier molecular flexibility index (Phi) is 3.47. The fourth-order valence-electron chi connectivity index (χ4n) is 2.52. The van der Waals surface area contributed by atoms with Crippen LogP contribution in [0, 0.1) is 0 Å². The Morgan fingerprint density at radius 1 is 1.32 bits per heavy atom. The third kappa shape index (κ3) is 2.47. The van der Waals surface area contributed by atoms with E-state index in [-0.39, 0.29) is 6.04 Å². The summed E-state index contributed by atoms with van der Waals surface area (Å²) in [5, 5.41) is 4.50. The third-order valence-corrected chi connectivity index (χ3v) is 3.50. The second kappa shape index (κ2) is 5.41. The van der Waals surface area contributed by atoms with Gasteiger partial charge in [0.05, 0.1) is 18.2 Å². The molecule has 1 N–H and O–H groups in total. The molecule has 1 unspecified atom stereocenters. The molecular formula is C16H18N2O. The zero-order valence-electron chi connectivity index (χ0n) is 11.1. The molecule has 0 spiro atoms. The number of benzene rings is 1. The van der Waals surface area contributed by atoms with Gasteiger partial charge in [0.1, 0.15) is 5.76 Å². The lowest BCUT2D eigenvalue weighted by Gasteiger charge is -2.24. The molecule has 3 nitrogen and oxygen atoms in total. The highest BCUT2D eigenvalue weighted by atomic mass is 16.5. The van der Waals surface area contributed by atoms with E-state index in [0.717, 1.165) is 36.1 Å². The van der Waals surface area contributed by atoms with E-state index in [1.807, 2.05) is 19.3 Å². The lowest BCUT2D eigenvalue weighted by atomic mass is 10.0. The topological polar surface area (TPSA) is 34.1 Å². The van der Waals surface area contributed by atoms with E-state index in [0.29, 0.717) is 0 Å². The molecule has 0 radical (unpaired) electrons. The highest BCUT2D eigenvalue weighted by molar-refractivity contribution is 5.79. The van der Waals surface area contributed by atoms with Crippen molar-refractivity contribution in [1.29, 1.82) is 0 Å². The van der Waals surface area contributed by atoms with Crippen LogP contribution in [0.25, 0.3) is 10.9 Å². The molecule has 0 aliphatic carbocycles. The number of aromatic nitrogens is 1. The summed E-state index contributed by atoms with van der Waals surface area (Å²) in [6, 6.07) is 10.6. The van der Waals surface area contributed by atoms with Gasteiger partial charge in [-0.2, -0.15) is 0 Å². The highest BCUT2D eigenvalue weighted by Gasteiger charge is 2.18. The number of hydrogen-bond acceptors (Lipinski definition) is 3. The van der Waals surface area contributed by atoms with Gasteiger partial charge in [-0.25, -0.2) is 0 Å². The standard InChI is InChI=1S/C16H18N2O/c1-17-16(15-6-2-3-10-19-15)13-7-8-14-12(11-13)5-4-9-18-14/h4-9,11,16-17H,2-3,10H2,1H3. The van der Waals surface area contributed by atoms with E-state index in [1.165, 1.54) is 5.56 Å². The smallest absolute Gasteiger partial charge is 0.113 e. The van der Waals surface area contributed by atoms with E-state index < -0.39 is 0 Å². The Balaban J connectivity index is 1.98. The highest BCUT2D eigenvalue weighted by Crippen LogP contribution is 2.27. The van der Waals surface area contributed by atoms with E-state index in [2.05, 4.69) is 40.6 Å². The molecule has 2 heterocycles. The first-order valence-electron chi connectivity index (χ1n) is 6.73. The monoisotopic (exact) mass is 254 g/mol.